The minimum absolute atomic E-state index is 0.0570. The van der Waals surface area contributed by atoms with Crippen molar-refractivity contribution in [2.24, 2.45) is 29.5 Å². The second-order valence-corrected chi connectivity index (χ2v) is 15.3. The molecule has 282 valence electrons. The zero-order valence-electron chi connectivity index (χ0n) is 32.7. The van der Waals surface area contributed by atoms with Crippen molar-refractivity contribution in [1.29, 1.82) is 0 Å². The van der Waals surface area contributed by atoms with Gasteiger partial charge in [-0.25, -0.2) is 9.48 Å². The van der Waals surface area contributed by atoms with Gasteiger partial charge in [0.25, 0.3) is 0 Å². The summed E-state index contributed by atoms with van der Waals surface area (Å²) in [7, 11) is 1.82. The van der Waals surface area contributed by atoms with Gasteiger partial charge in [-0.2, -0.15) is 5.10 Å². The number of ketones is 1. The standard InChI is InChI=1S/C24H27N3O4.C19H26O3/c1-17-21(22(27(5)26-17)30-20-9-7-6-8-10-20)15-25-29-16-18-11-13-19(14-12-18)23(28)31-24(2,3)4;1-7-8-13-12(4)16(10-15(13)20)22-18(21)17-14(9-11(2)3)19(17,5)6/h6-15H,16H2,1-5H3;7,9,14,16-17H,1,8,10H2,2-6H3/b25-15+;. The van der Waals surface area contributed by atoms with Gasteiger partial charge >= 0.3 is 11.9 Å². The molecule has 1 heterocycles. The molecular weight excluding hydrogens is 670 g/mol. The average molecular weight is 724 g/mol. The van der Waals surface area contributed by atoms with Crippen molar-refractivity contribution in [3.63, 3.8) is 0 Å². The van der Waals surface area contributed by atoms with E-state index in [1.807, 2.05) is 98.0 Å². The summed E-state index contributed by atoms with van der Waals surface area (Å²) in [5.74, 6) is 0.975. The van der Waals surface area contributed by atoms with E-state index in [9.17, 15) is 14.4 Å². The number of oxime groups is 1. The van der Waals surface area contributed by atoms with Gasteiger partial charge in [-0.1, -0.05) is 67.1 Å². The molecule has 0 bridgehead atoms. The van der Waals surface area contributed by atoms with E-state index >= 15 is 0 Å². The molecule has 5 rings (SSSR count). The van der Waals surface area contributed by atoms with Gasteiger partial charge in [0.1, 0.15) is 24.1 Å². The van der Waals surface area contributed by atoms with Crippen LogP contribution in [0.2, 0.25) is 0 Å². The van der Waals surface area contributed by atoms with Crippen LogP contribution in [0, 0.1) is 24.2 Å². The number of hydrogen-bond acceptors (Lipinski definition) is 9. The molecule has 1 aromatic heterocycles. The van der Waals surface area contributed by atoms with E-state index in [2.05, 4.69) is 36.8 Å². The number of benzene rings is 2. The Morgan fingerprint density at radius 3 is 2.32 bits per heavy atom. The number of Topliss-reactive ketones (excluding diaryl/α,β-unsaturated/α-hetero) is 1. The van der Waals surface area contributed by atoms with Gasteiger partial charge < -0.3 is 19.0 Å². The molecule has 10 heteroatoms. The molecule has 0 spiro atoms. The number of allylic oxidation sites excluding steroid dienone is 4. The summed E-state index contributed by atoms with van der Waals surface area (Å²) in [6.07, 6.45) is 5.90. The number of rotatable bonds is 12. The third-order valence-electron chi connectivity index (χ3n) is 9.20. The van der Waals surface area contributed by atoms with Gasteiger partial charge in [-0.15, -0.1) is 6.58 Å². The molecule has 3 atom stereocenters. The van der Waals surface area contributed by atoms with Crippen LogP contribution in [0.1, 0.15) is 95.4 Å². The van der Waals surface area contributed by atoms with Crippen LogP contribution in [0.25, 0.3) is 0 Å². The monoisotopic (exact) mass is 723 g/mol. The lowest BCUT2D eigenvalue weighted by Crippen LogP contribution is -2.23. The van der Waals surface area contributed by atoms with Crippen LogP contribution in [-0.2, 0) is 37.6 Å². The second-order valence-electron chi connectivity index (χ2n) is 15.3. The van der Waals surface area contributed by atoms with Crippen molar-refractivity contribution in [1.82, 2.24) is 9.78 Å². The maximum absolute atomic E-state index is 12.5. The number of esters is 2. The van der Waals surface area contributed by atoms with Crippen molar-refractivity contribution in [2.75, 3.05) is 0 Å². The van der Waals surface area contributed by atoms with Crippen LogP contribution in [0.15, 0.2) is 95.2 Å². The topological polar surface area (TPSA) is 118 Å². The predicted octanol–water partition coefficient (Wildman–Crippen LogP) is 9.03. The minimum Gasteiger partial charge on any atom is -0.457 e. The predicted molar refractivity (Wildman–Crippen MR) is 206 cm³/mol. The Hall–Kier alpha value is -5.25. The number of carbonyl (C=O) groups excluding carboxylic acids is 3. The number of aromatic nitrogens is 2. The molecule has 0 aliphatic heterocycles. The molecule has 2 aliphatic carbocycles. The Bertz CT molecular complexity index is 1890. The molecule has 2 aromatic carbocycles. The first kappa shape index (κ1) is 40.5. The molecule has 0 radical (unpaired) electrons. The Morgan fingerprint density at radius 2 is 1.72 bits per heavy atom. The highest BCUT2D eigenvalue weighted by Gasteiger charge is 2.61. The van der Waals surface area contributed by atoms with Gasteiger partial charge in [0.15, 0.2) is 5.78 Å². The number of nitrogens with zero attached hydrogens (tertiary/aromatic N) is 3. The summed E-state index contributed by atoms with van der Waals surface area (Å²) in [6.45, 7) is 21.5. The lowest BCUT2D eigenvalue weighted by atomic mass is 10.1. The van der Waals surface area contributed by atoms with Crippen LogP contribution in [-0.4, -0.2) is 45.4 Å². The minimum atomic E-state index is -0.527. The Morgan fingerprint density at radius 1 is 1.06 bits per heavy atom. The highest BCUT2D eigenvalue weighted by atomic mass is 16.6. The van der Waals surface area contributed by atoms with E-state index in [4.69, 9.17) is 19.0 Å². The van der Waals surface area contributed by atoms with Gasteiger partial charge in [0.2, 0.25) is 5.88 Å². The molecule has 1 saturated carbocycles. The van der Waals surface area contributed by atoms with Crippen molar-refractivity contribution >= 4 is 23.9 Å². The van der Waals surface area contributed by atoms with Gasteiger partial charge in [-0.05, 0) is 102 Å². The van der Waals surface area contributed by atoms with Crippen molar-refractivity contribution in [3.05, 3.63) is 112 Å². The Balaban J connectivity index is 0.000000251. The smallest absolute Gasteiger partial charge is 0.338 e. The second kappa shape index (κ2) is 17.1. The maximum Gasteiger partial charge on any atom is 0.338 e. The van der Waals surface area contributed by atoms with E-state index < -0.39 is 11.7 Å². The lowest BCUT2D eigenvalue weighted by molar-refractivity contribution is -0.150. The van der Waals surface area contributed by atoms with Gasteiger partial charge in [0.05, 0.1) is 35.4 Å². The third kappa shape index (κ3) is 10.7. The van der Waals surface area contributed by atoms with Crippen LogP contribution in [0.4, 0.5) is 0 Å². The van der Waals surface area contributed by atoms with Crippen molar-refractivity contribution < 1.29 is 33.4 Å². The summed E-state index contributed by atoms with van der Waals surface area (Å²) in [5, 5.41) is 8.47. The fraction of sp³-hybridized carbons (Fsp3) is 0.419. The van der Waals surface area contributed by atoms with Crippen LogP contribution in [0.5, 0.6) is 11.6 Å². The first-order valence-electron chi connectivity index (χ1n) is 17.9. The number of ether oxygens (including phenoxy) is 3. The largest absolute Gasteiger partial charge is 0.457 e. The molecular formula is C43H53N3O7. The van der Waals surface area contributed by atoms with E-state index in [-0.39, 0.29) is 48.0 Å². The van der Waals surface area contributed by atoms with Crippen LogP contribution in [0.3, 0.4) is 0 Å². The molecule has 0 N–H and O–H groups in total. The lowest BCUT2D eigenvalue weighted by Gasteiger charge is -2.19. The number of para-hydroxylation sites is 1. The molecule has 1 fully saturated rings. The maximum atomic E-state index is 12.5. The molecule has 3 unspecified atom stereocenters. The van der Waals surface area contributed by atoms with Gasteiger partial charge in [0, 0.05) is 12.6 Å². The van der Waals surface area contributed by atoms with Gasteiger partial charge in [-0.3, -0.25) is 9.59 Å². The summed E-state index contributed by atoms with van der Waals surface area (Å²) in [4.78, 5) is 42.0. The Kier molecular flexibility index (Phi) is 13.0. The molecule has 3 aromatic rings. The van der Waals surface area contributed by atoms with E-state index in [1.54, 1.807) is 29.1 Å². The fourth-order valence-corrected chi connectivity index (χ4v) is 6.22. The van der Waals surface area contributed by atoms with E-state index in [1.165, 1.54) is 5.57 Å². The SMILES string of the molecule is C=CCC1=C(C)C(OC(=O)C2C(C=C(C)C)C2(C)C)CC1=O.Cc1nn(C)c(Oc2ccccc2)c1/C=N/OCc1ccc(C(=O)OC(C)(C)C)cc1. The normalized spacial score (nSPS) is 18.9. The summed E-state index contributed by atoms with van der Waals surface area (Å²) >= 11 is 0. The summed E-state index contributed by atoms with van der Waals surface area (Å²) < 4.78 is 18.6. The van der Waals surface area contributed by atoms with Crippen molar-refractivity contribution in [2.45, 2.75) is 93.5 Å². The molecule has 0 saturated heterocycles. The summed E-state index contributed by atoms with van der Waals surface area (Å²) in [5.41, 5.74) is 5.17. The zero-order valence-corrected chi connectivity index (χ0v) is 32.7. The van der Waals surface area contributed by atoms with Crippen LogP contribution < -0.4 is 4.74 Å². The van der Waals surface area contributed by atoms with E-state index in [0.29, 0.717) is 23.6 Å². The summed E-state index contributed by atoms with van der Waals surface area (Å²) in [6, 6.07) is 16.6. The first-order valence-corrected chi connectivity index (χ1v) is 17.9. The highest BCUT2D eigenvalue weighted by Crippen LogP contribution is 2.60. The van der Waals surface area contributed by atoms with Crippen LogP contribution >= 0.6 is 0 Å². The fourth-order valence-electron chi connectivity index (χ4n) is 6.22. The first-order chi connectivity index (χ1) is 24.9. The van der Waals surface area contributed by atoms with E-state index in [0.717, 1.165) is 28.0 Å². The number of hydrogen-bond donors (Lipinski definition) is 0. The average Bonchev–Trinajstić information content (AvgIpc) is 3.36. The number of carbonyl (C=O) groups is 3. The highest BCUT2D eigenvalue weighted by molar-refractivity contribution is 6.00. The molecule has 10 nitrogen and oxygen atoms in total. The molecule has 2 aliphatic rings. The molecule has 53 heavy (non-hydrogen) atoms. The third-order valence-corrected chi connectivity index (χ3v) is 9.20. The van der Waals surface area contributed by atoms with Crippen molar-refractivity contribution in [3.8, 4) is 11.6 Å². The molecule has 0 amide bonds. The number of aryl methyl sites for hydroxylation is 2. The quantitative estimate of drug-likeness (QED) is 0.0787. The Labute approximate surface area is 313 Å². The zero-order chi connectivity index (χ0) is 39.1.